The first-order valence-corrected chi connectivity index (χ1v) is 10.7. The number of likely N-dealkylation sites (N-methyl/N-ethyl adjacent to an activating group) is 1. The van der Waals surface area contributed by atoms with Crippen LogP contribution in [0.4, 0.5) is 16.8 Å². The minimum absolute atomic E-state index is 0.00124. The van der Waals surface area contributed by atoms with E-state index >= 15 is 0 Å². The second-order valence-corrected chi connectivity index (χ2v) is 8.20. The number of carbonyl (C=O) groups is 2. The Bertz CT molecular complexity index is 1070. The van der Waals surface area contributed by atoms with Gasteiger partial charge < -0.3 is 9.64 Å². The molecule has 31 heavy (non-hydrogen) atoms. The summed E-state index contributed by atoms with van der Waals surface area (Å²) in [4.78, 5) is 40.3. The van der Waals surface area contributed by atoms with Gasteiger partial charge in [-0.15, -0.1) is 11.3 Å². The van der Waals surface area contributed by atoms with Crippen molar-refractivity contribution >= 4 is 51.6 Å². The predicted molar refractivity (Wildman–Crippen MR) is 121 cm³/mol. The van der Waals surface area contributed by atoms with Crippen LogP contribution in [0.1, 0.15) is 23.7 Å². The second kappa shape index (κ2) is 9.84. The summed E-state index contributed by atoms with van der Waals surface area (Å²) in [6.45, 7) is 5.29. The van der Waals surface area contributed by atoms with E-state index < -0.39 is 5.97 Å². The molecule has 10 heteroatoms. The van der Waals surface area contributed by atoms with Crippen molar-refractivity contribution in [2.24, 2.45) is 0 Å². The highest BCUT2D eigenvalue weighted by atomic mass is 35.5. The van der Waals surface area contributed by atoms with E-state index in [0.717, 1.165) is 11.1 Å². The molecule has 2 heterocycles. The fourth-order valence-corrected chi connectivity index (χ4v) is 4.26. The standard InChI is InChI=1S/C21H22ClN5O3S/c1-13-8-14(2)19(17(22)9-13)27(15(3)28)21-25-16(12-31-21)11-30-18(29)10-26(4)20-23-6-5-7-24-20/h5-9,12H,10-11H2,1-4H3. The highest BCUT2D eigenvalue weighted by molar-refractivity contribution is 7.14. The van der Waals surface area contributed by atoms with Gasteiger partial charge in [0.15, 0.2) is 5.13 Å². The topological polar surface area (TPSA) is 88.5 Å². The summed E-state index contributed by atoms with van der Waals surface area (Å²) in [7, 11) is 1.70. The summed E-state index contributed by atoms with van der Waals surface area (Å²) in [5, 5.41) is 2.68. The third kappa shape index (κ3) is 5.56. The molecule has 8 nitrogen and oxygen atoms in total. The monoisotopic (exact) mass is 459 g/mol. The lowest BCUT2D eigenvalue weighted by Gasteiger charge is -2.22. The Morgan fingerprint density at radius 3 is 2.55 bits per heavy atom. The van der Waals surface area contributed by atoms with Gasteiger partial charge in [-0.2, -0.15) is 0 Å². The SMILES string of the molecule is CC(=O)N(c1nc(COC(=O)CN(C)c2ncccn2)cs1)c1c(C)cc(C)cc1Cl. The summed E-state index contributed by atoms with van der Waals surface area (Å²) >= 11 is 7.71. The molecule has 1 amide bonds. The molecule has 0 unspecified atom stereocenters. The number of amides is 1. The third-order valence-electron chi connectivity index (χ3n) is 4.31. The number of aryl methyl sites for hydroxylation is 2. The lowest BCUT2D eigenvalue weighted by atomic mass is 10.1. The van der Waals surface area contributed by atoms with Crippen LogP contribution >= 0.6 is 22.9 Å². The summed E-state index contributed by atoms with van der Waals surface area (Å²) in [5.41, 5.74) is 3.02. The van der Waals surface area contributed by atoms with Gasteiger partial charge in [0, 0.05) is 31.7 Å². The number of esters is 1. The number of benzene rings is 1. The van der Waals surface area contributed by atoms with E-state index in [0.29, 0.717) is 27.5 Å². The Balaban J connectivity index is 1.69. The Labute approximate surface area is 189 Å². The number of aromatic nitrogens is 3. The third-order valence-corrected chi connectivity index (χ3v) is 5.47. The Hall–Kier alpha value is -3.04. The molecular formula is C21H22ClN5O3S. The first kappa shape index (κ1) is 22.6. The molecule has 162 valence electrons. The average molecular weight is 460 g/mol. The molecule has 1 aromatic carbocycles. The number of hydrogen-bond donors (Lipinski definition) is 0. The zero-order valence-corrected chi connectivity index (χ0v) is 19.2. The van der Waals surface area contributed by atoms with E-state index in [4.69, 9.17) is 16.3 Å². The van der Waals surface area contributed by atoms with Gasteiger partial charge in [0.05, 0.1) is 16.4 Å². The predicted octanol–water partition coefficient (Wildman–Crippen LogP) is 4.07. The van der Waals surface area contributed by atoms with Crippen molar-refractivity contribution in [3.05, 3.63) is 57.8 Å². The van der Waals surface area contributed by atoms with Crippen molar-refractivity contribution in [1.82, 2.24) is 15.0 Å². The molecule has 0 N–H and O–H groups in total. The first-order valence-electron chi connectivity index (χ1n) is 9.42. The van der Waals surface area contributed by atoms with Gasteiger partial charge in [-0.25, -0.2) is 15.0 Å². The van der Waals surface area contributed by atoms with E-state index in [1.54, 1.807) is 35.8 Å². The van der Waals surface area contributed by atoms with Crippen molar-refractivity contribution in [1.29, 1.82) is 0 Å². The largest absolute Gasteiger partial charge is 0.458 e. The molecule has 0 aliphatic carbocycles. The number of carbonyl (C=O) groups excluding carboxylic acids is 2. The molecule has 0 fully saturated rings. The maximum atomic E-state index is 12.4. The van der Waals surface area contributed by atoms with Crippen LogP contribution < -0.4 is 9.80 Å². The number of thiazole rings is 1. The molecule has 0 radical (unpaired) electrons. The van der Waals surface area contributed by atoms with Gasteiger partial charge in [-0.05, 0) is 37.1 Å². The van der Waals surface area contributed by atoms with E-state index in [1.807, 2.05) is 26.0 Å². The Morgan fingerprint density at radius 1 is 1.19 bits per heavy atom. The summed E-state index contributed by atoms with van der Waals surface area (Å²) in [6.07, 6.45) is 3.20. The molecule has 0 saturated heterocycles. The molecule has 0 aliphatic heterocycles. The minimum Gasteiger partial charge on any atom is -0.458 e. The molecule has 0 spiro atoms. The number of anilines is 3. The van der Waals surface area contributed by atoms with E-state index in [9.17, 15) is 9.59 Å². The normalized spacial score (nSPS) is 10.6. The molecular weight excluding hydrogens is 438 g/mol. The van der Waals surface area contributed by atoms with Crippen LogP contribution in [0.3, 0.4) is 0 Å². The number of halogens is 1. The maximum Gasteiger partial charge on any atom is 0.326 e. The highest BCUT2D eigenvalue weighted by Gasteiger charge is 2.23. The smallest absolute Gasteiger partial charge is 0.326 e. The van der Waals surface area contributed by atoms with Gasteiger partial charge in [-0.1, -0.05) is 17.7 Å². The van der Waals surface area contributed by atoms with Crippen molar-refractivity contribution in [3.8, 4) is 0 Å². The molecule has 3 aromatic rings. The molecule has 3 rings (SSSR count). The lowest BCUT2D eigenvalue weighted by Crippen LogP contribution is -2.28. The van der Waals surface area contributed by atoms with Crippen LogP contribution in [0.15, 0.2) is 36.0 Å². The first-order chi connectivity index (χ1) is 14.8. The summed E-state index contributed by atoms with van der Waals surface area (Å²) in [5.74, 6) is -0.223. The van der Waals surface area contributed by atoms with Crippen LogP contribution in [-0.4, -0.2) is 40.4 Å². The number of ether oxygens (including phenoxy) is 1. The number of hydrogen-bond acceptors (Lipinski definition) is 8. The minimum atomic E-state index is -0.439. The van der Waals surface area contributed by atoms with Gasteiger partial charge in [0.25, 0.3) is 0 Å². The Morgan fingerprint density at radius 2 is 1.90 bits per heavy atom. The lowest BCUT2D eigenvalue weighted by molar-refractivity contribution is -0.143. The number of nitrogens with zero attached hydrogens (tertiary/aromatic N) is 5. The molecule has 0 atom stereocenters. The van der Waals surface area contributed by atoms with Crippen molar-refractivity contribution < 1.29 is 14.3 Å². The average Bonchev–Trinajstić information content (AvgIpc) is 3.17. The van der Waals surface area contributed by atoms with Crippen LogP contribution in [0.2, 0.25) is 5.02 Å². The summed E-state index contributed by atoms with van der Waals surface area (Å²) in [6, 6.07) is 5.47. The second-order valence-electron chi connectivity index (χ2n) is 6.95. The van der Waals surface area contributed by atoms with Crippen molar-refractivity contribution in [2.75, 3.05) is 23.4 Å². The van der Waals surface area contributed by atoms with Gasteiger partial charge in [0.1, 0.15) is 13.2 Å². The number of rotatable bonds is 7. The van der Waals surface area contributed by atoms with Crippen LogP contribution in [0, 0.1) is 13.8 Å². The van der Waals surface area contributed by atoms with E-state index in [2.05, 4.69) is 15.0 Å². The summed E-state index contributed by atoms with van der Waals surface area (Å²) < 4.78 is 5.32. The van der Waals surface area contributed by atoms with Crippen LogP contribution in [0.5, 0.6) is 0 Å². The zero-order valence-electron chi connectivity index (χ0n) is 17.6. The molecule has 0 saturated carbocycles. The van der Waals surface area contributed by atoms with E-state index in [1.165, 1.54) is 23.2 Å². The van der Waals surface area contributed by atoms with Gasteiger partial charge in [-0.3, -0.25) is 14.5 Å². The fraction of sp³-hybridized carbons (Fsp3) is 0.286. The molecule has 0 aliphatic rings. The fourth-order valence-electron chi connectivity index (χ4n) is 3.00. The molecule has 0 bridgehead atoms. The van der Waals surface area contributed by atoms with Crippen LogP contribution in [-0.2, 0) is 20.9 Å². The quantitative estimate of drug-likeness (QED) is 0.492. The van der Waals surface area contributed by atoms with Crippen molar-refractivity contribution in [2.45, 2.75) is 27.4 Å². The van der Waals surface area contributed by atoms with E-state index in [-0.39, 0.29) is 19.1 Å². The highest BCUT2D eigenvalue weighted by Crippen LogP contribution is 2.37. The Kier molecular flexibility index (Phi) is 7.19. The zero-order chi connectivity index (χ0) is 22.5. The van der Waals surface area contributed by atoms with Gasteiger partial charge >= 0.3 is 5.97 Å². The van der Waals surface area contributed by atoms with Crippen LogP contribution in [0.25, 0.3) is 0 Å². The molecule has 2 aromatic heterocycles. The van der Waals surface area contributed by atoms with Crippen molar-refractivity contribution in [3.63, 3.8) is 0 Å². The maximum absolute atomic E-state index is 12.4. The van der Waals surface area contributed by atoms with Gasteiger partial charge in [0.2, 0.25) is 11.9 Å².